The standard InChI is InChI=1S/C26H25ClN6OS/c1-17-13-24(32-31-17)28-23-16-25(33-11-2-12-33)30-26(29-23)35-22-9-5-19(6-10-22)15-21(34)14-18-3-7-20(27)8-4-18/h3-10,13,16H,2,11-12,14-15H2,1H3,(H2,28,29,30,31,32). The summed E-state index contributed by atoms with van der Waals surface area (Å²) in [6, 6.07) is 19.3. The van der Waals surface area contributed by atoms with Gasteiger partial charge in [0.25, 0.3) is 0 Å². The summed E-state index contributed by atoms with van der Waals surface area (Å²) in [5.74, 6) is 2.51. The molecule has 0 unspecified atom stereocenters. The first-order valence-electron chi connectivity index (χ1n) is 11.5. The monoisotopic (exact) mass is 504 g/mol. The molecule has 0 atom stereocenters. The molecule has 4 aromatic rings. The molecule has 9 heteroatoms. The molecule has 1 fully saturated rings. The lowest BCUT2D eigenvalue weighted by Gasteiger charge is -2.32. The molecule has 0 spiro atoms. The summed E-state index contributed by atoms with van der Waals surface area (Å²) in [7, 11) is 0. The van der Waals surface area contributed by atoms with Crippen LogP contribution in [0.25, 0.3) is 0 Å². The second kappa shape index (κ2) is 10.5. The number of halogens is 1. The number of rotatable bonds is 9. The van der Waals surface area contributed by atoms with E-state index in [4.69, 9.17) is 21.6 Å². The highest BCUT2D eigenvalue weighted by atomic mass is 35.5. The molecule has 1 saturated heterocycles. The minimum atomic E-state index is 0.169. The maximum atomic E-state index is 12.5. The van der Waals surface area contributed by atoms with E-state index in [0.717, 1.165) is 46.4 Å². The van der Waals surface area contributed by atoms with Crippen molar-refractivity contribution >= 4 is 46.6 Å². The number of aromatic amines is 1. The molecule has 178 valence electrons. The molecular formula is C26H25ClN6OS. The van der Waals surface area contributed by atoms with Crippen molar-refractivity contribution in [3.8, 4) is 0 Å². The first-order chi connectivity index (χ1) is 17.0. The number of hydrogen-bond acceptors (Lipinski definition) is 7. The van der Waals surface area contributed by atoms with Crippen molar-refractivity contribution in [2.75, 3.05) is 23.3 Å². The number of nitrogens with one attached hydrogen (secondary N) is 2. The number of carbonyl (C=O) groups excluding carboxylic acids is 1. The first kappa shape index (κ1) is 23.4. The topological polar surface area (TPSA) is 86.8 Å². The van der Waals surface area contributed by atoms with Crippen molar-refractivity contribution in [3.63, 3.8) is 0 Å². The van der Waals surface area contributed by atoms with Crippen molar-refractivity contribution in [1.29, 1.82) is 0 Å². The van der Waals surface area contributed by atoms with E-state index in [1.807, 2.05) is 67.6 Å². The van der Waals surface area contributed by atoms with Gasteiger partial charge in [-0.2, -0.15) is 5.10 Å². The summed E-state index contributed by atoms with van der Waals surface area (Å²) < 4.78 is 0. The number of Topliss-reactive ketones (excluding diaryl/α,β-unsaturated/α-hetero) is 1. The number of anilines is 3. The second-order valence-corrected chi connectivity index (χ2v) is 10.0. The number of nitrogens with zero attached hydrogens (tertiary/aromatic N) is 4. The van der Waals surface area contributed by atoms with E-state index in [1.165, 1.54) is 18.2 Å². The Bertz CT molecular complexity index is 1320. The van der Waals surface area contributed by atoms with Gasteiger partial charge in [-0.05, 0) is 60.5 Å². The maximum Gasteiger partial charge on any atom is 0.196 e. The average molecular weight is 505 g/mol. The van der Waals surface area contributed by atoms with Crippen molar-refractivity contribution in [2.45, 2.75) is 36.2 Å². The predicted octanol–water partition coefficient (Wildman–Crippen LogP) is 5.62. The van der Waals surface area contributed by atoms with Crippen LogP contribution >= 0.6 is 23.4 Å². The van der Waals surface area contributed by atoms with Gasteiger partial charge in [0, 0.05) is 53.7 Å². The van der Waals surface area contributed by atoms with E-state index in [9.17, 15) is 4.79 Å². The number of benzene rings is 2. The molecule has 7 nitrogen and oxygen atoms in total. The average Bonchev–Trinajstić information content (AvgIpc) is 3.20. The van der Waals surface area contributed by atoms with Crippen molar-refractivity contribution < 1.29 is 4.79 Å². The Morgan fingerprint density at radius 3 is 2.29 bits per heavy atom. The summed E-state index contributed by atoms with van der Waals surface area (Å²) in [4.78, 5) is 25.2. The molecule has 0 amide bonds. The smallest absolute Gasteiger partial charge is 0.196 e. The van der Waals surface area contributed by atoms with Crippen molar-refractivity contribution in [3.05, 3.63) is 82.5 Å². The summed E-state index contributed by atoms with van der Waals surface area (Å²) in [5.41, 5.74) is 2.94. The van der Waals surface area contributed by atoms with Gasteiger partial charge in [-0.1, -0.05) is 35.9 Å². The van der Waals surface area contributed by atoms with Crippen LogP contribution in [0.4, 0.5) is 17.5 Å². The fourth-order valence-corrected chi connectivity index (χ4v) is 4.64. The van der Waals surface area contributed by atoms with Gasteiger partial charge in [0.05, 0.1) is 0 Å². The quantitative estimate of drug-likeness (QED) is 0.286. The van der Waals surface area contributed by atoms with Gasteiger partial charge in [0.2, 0.25) is 0 Å². The van der Waals surface area contributed by atoms with Gasteiger partial charge in [-0.3, -0.25) is 9.89 Å². The van der Waals surface area contributed by atoms with E-state index in [0.29, 0.717) is 28.8 Å². The van der Waals surface area contributed by atoms with Crippen LogP contribution < -0.4 is 10.2 Å². The molecule has 2 aromatic heterocycles. The largest absolute Gasteiger partial charge is 0.356 e. The lowest BCUT2D eigenvalue weighted by molar-refractivity contribution is -0.117. The van der Waals surface area contributed by atoms with Gasteiger partial charge < -0.3 is 10.2 Å². The Labute approximate surface area is 213 Å². The molecule has 0 radical (unpaired) electrons. The van der Waals surface area contributed by atoms with E-state index in [1.54, 1.807) is 0 Å². The summed E-state index contributed by atoms with van der Waals surface area (Å²) in [6.45, 7) is 3.96. The SMILES string of the molecule is Cc1cc(Nc2cc(N3CCC3)nc(Sc3ccc(CC(=O)Cc4ccc(Cl)cc4)cc3)n2)n[nH]1. The Morgan fingerprint density at radius 2 is 1.69 bits per heavy atom. The number of carbonyl (C=O) groups is 1. The molecule has 2 aromatic carbocycles. The van der Waals surface area contributed by atoms with Crippen LogP contribution in [0, 0.1) is 6.92 Å². The van der Waals surface area contributed by atoms with Crippen LogP contribution in [-0.2, 0) is 17.6 Å². The second-order valence-electron chi connectivity index (χ2n) is 8.56. The van der Waals surface area contributed by atoms with Gasteiger partial charge >= 0.3 is 0 Å². The van der Waals surface area contributed by atoms with Crippen LogP contribution in [0.3, 0.4) is 0 Å². The predicted molar refractivity (Wildman–Crippen MR) is 140 cm³/mol. The number of aromatic nitrogens is 4. The van der Waals surface area contributed by atoms with E-state index < -0.39 is 0 Å². The maximum absolute atomic E-state index is 12.5. The van der Waals surface area contributed by atoms with E-state index in [2.05, 4.69) is 20.4 Å². The highest BCUT2D eigenvalue weighted by Crippen LogP contribution is 2.30. The molecule has 35 heavy (non-hydrogen) atoms. The normalized spacial score (nSPS) is 12.9. The molecule has 2 N–H and O–H groups in total. The number of ketones is 1. The van der Waals surface area contributed by atoms with Gasteiger partial charge in [0.1, 0.15) is 17.4 Å². The lowest BCUT2D eigenvalue weighted by Crippen LogP contribution is -2.37. The summed E-state index contributed by atoms with van der Waals surface area (Å²) >= 11 is 7.43. The third kappa shape index (κ3) is 6.21. The van der Waals surface area contributed by atoms with Crippen LogP contribution in [0.1, 0.15) is 23.2 Å². The third-order valence-corrected chi connectivity index (χ3v) is 6.81. The lowest BCUT2D eigenvalue weighted by atomic mass is 10.0. The van der Waals surface area contributed by atoms with Gasteiger partial charge in [-0.25, -0.2) is 9.97 Å². The minimum absolute atomic E-state index is 0.169. The minimum Gasteiger partial charge on any atom is -0.356 e. The van der Waals surface area contributed by atoms with E-state index >= 15 is 0 Å². The zero-order valence-corrected chi connectivity index (χ0v) is 20.9. The molecule has 1 aliphatic heterocycles. The van der Waals surface area contributed by atoms with Gasteiger partial charge in [0.15, 0.2) is 11.0 Å². The van der Waals surface area contributed by atoms with Crippen LogP contribution in [0.5, 0.6) is 0 Å². The van der Waals surface area contributed by atoms with E-state index in [-0.39, 0.29) is 5.78 Å². The first-order valence-corrected chi connectivity index (χ1v) is 12.7. The fraction of sp³-hybridized carbons (Fsp3) is 0.231. The van der Waals surface area contributed by atoms with Crippen LogP contribution in [0.2, 0.25) is 5.02 Å². The Balaban J connectivity index is 1.26. The molecule has 3 heterocycles. The van der Waals surface area contributed by atoms with Crippen molar-refractivity contribution in [1.82, 2.24) is 20.2 Å². The van der Waals surface area contributed by atoms with Crippen LogP contribution in [0.15, 0.2) is 70.7 Å². The molecule has 5 rings (SSSR count). The molecule has 1 aliphatic rings. The molecular weight excluding hydrogens is 480 g/mol. The Morgan fingerprint density at radius 1 is 1.00 bits per heavy atom. The summed E-state index contributed by atoms with van der Waals surface area (Å²) in [6.07, 6.45) is 1.97. The number of hydrogen-bond donors (Lipinski definition) is 2. The Kier molecular flexibility index (Phi) is 7.01. The number of H-pyrrole nitrogens is 1. The van der Waals surface area contributed by atoms with Crippen molar-refractivity contribution in [2.24, 2.45) is 0 Å². The Hall–Kier alpha value is -3.36. The van der Waals surface area contributed by atoms with Crippen LogP contribution in [-0.4, -0.2) is 39.0 Å². The molecule has 0 aliphatic carbocycles. The zero-order chi connectivity index (χ0) is 24.2. The fourth-order valence-electron chi connectivity index (χ4n) is 3.74. The summed E-state index contributed by atoms with van der Waals surface area (Å²) in [5, 5.41) is 11.8. The third-order valence-electron chi connectivity index (χ3n) is 5.68. The highest BCUT2D eigenvalue weighted by molar-refractivity contribution is 7.99. The molecule has 0 saturated carbocycles. The zero-order valence-electron chi connectivity index (χ0n) is 19.3. The highest BCUT2D eigenvalue weighted by Gasteiger charge is 2.18. The van der Waals surface area contributed by atoms with Gasteiger partial charge in [-0.15, -0.1) is 0 Å². The molecule has 0 bridgehead atoms. The number of aryl methyl sites for hydroxylation is 1.